The Kier molecular flexibility index (Phi) is 5.64. The third kappa shape index (κ3) is 3.63. The van der Waals surface area contributed by atoms with Crippen LogP contribution in [0.3, 0.4) is 0 Å². The lowest BCUT2D eigenvalue weighted by Gasteiger charge is -2.15. The molecule has 0 bridgehead atoms. The second kappa shape index (κ2) is 7.26. The molecule has 108 valence electrons. The van der Waals surface area contributed by atoms with Crippen molar-refractivity contribution in [3.8, 4) is 10.4 Å². The lowest BCUT2D eigenvalue weighted by molar-refractivity contribution is 0.516. The van der Waals surface area contributed by atoms with E-state index in [0.717, 1.165) is 11.6 Å². The van der Waals surface area contributed by atoms with Gasteiger partial charge in [-0.1, -0.05) is 37.9 Å². The molecule has 0 spiro atoms. The molecule has 2 rings (SSSR count). The number of aryl methyl sites for hydroxylation is 1. The first-order chi connectivity index (χ1) is 9.65. The van der Waals surface area contributed by atoms with Gasteiger partial charge in [0, 0.05) is 20.8 Å². The van der Waals surface area contributed by atoms with E-state index < -0.39 is 0 Å². The highest BCUT2D eigenvalue weighted by Crippen LogP contribution is 2.35. The number of hydrogen-bond donors (Lipinski definition) is 1. The van der Waals surface area contributed by atoms with Crippen LogP contribution in [0.15, 0.2) is 30.3 Å². The number of thiophene rings is 1. The Hall–Kier alpha value is -0.830. The molecule has 0 amide bonds. The van der Waals surface area contributed by atoms with Crippen molar-refractivity contribution < 1.29 is 0 Å². The highest BCUT2D eigenvalue weighted by molar-refractivity contribution is 7.15. The Morgan fingerprint density at radius 3 is 2.70 bits per heavy atom. The average Bonchev–Trinajstić information content (AvgIpc) is 2.91. The molecule has 0 aliphatic carbocycles. The molecule has 1 atom stereocenters. The van der Waals surface area contributed by atoms with Crippen LogP contribution in [0.1, 0.15) is 43.2 Å². The largest absolute Gasteiger partial charge is 0.310 e. The molecule has 20 heavy (non-hydrogen) atoms. The fourth-order valence-electron chi connectivity index (χ4n) is 2.42. The van der Waals surface area contributed by atoms with Gasteiger partial charge in [0.2, 0.25) is 0 Å². The number of benzene rings is 1. The van der Waals surface area contributed by atoms with E-state index >= 15 is 0 Å². The van der Waals surface area contributed by atoms with Crippen LogP contribution in [-0.2, 0) is 0 Å². The Morgan fingerprint density at radius 1 is 1.20 bits per heavy atom. The summed E-state index contributed by atoms with van der Waals surface area (Å²) in [7, 11) is 0. The van der Waals surface area contributed by atoms with Crippen LogP contribution >= 0.6 is 22.9 Å². The van der Waals surface area contributed by atoms with Crippen LogP contribution in [0.25, 0.3) is 10.4 Å². The first-order valence-electron chi connectivity index (χ1n) is 7.25. The lowest BCUT2D eigenvalue weighted by atomic mass is 10.1. The number of nitrogens with one attached hydrogen (secondary N) is 1. The van der Waals surface area contributed by atoms with Crippen molar-refractivity contribution in [1.82, 2.24) is 5.32 Å². The summed E-state index contributed by atoms with van der Waals surface area (Å²) in [5.41, 5.74) is 2.53. The number of halogens is 1. The van der Waals surface area contributed by atoms with Gasteiger partial charge in [-0.15, -0.1) is 11.3 Å². The van der Waals surface area contributed by atoms with Crippen molar-refractivity contribution in [2.24, 2.45) is 0 Å². The molecule has 3 heteroatoms. The molecule has 0 saturated carbocycles. The molecule has 2 aromatic rings. The first-order valence-corrected chi connectivity index (χ1v) is 8.44. The summed E-state index contributed by atoms with van der Waals surface area (Å²) in [5.74, 6) is 0. The van der Waals surface area contributed by atoms with E-state index in [9.17, 15) is 0 Å². The molecule has 1 N–H and O–H groups in total. The lowest BCUT2D eigenvalue weighted by Crippen LogP contribution is -2.19. The van der Waals surface area contributed by atoms with E-state index in [4.69, 9.17) is 11.6 Å². The van der Waals surface area contributed by atoms with Gasteiger partial charge in [-0.3, -0.25) is 0 Å². The van der Waals surface area contributed by atoms with Crippen molar-refractivity contribution in [3.63, 3.8) is 0 Å². The van der Waals surface area contributed by atoms with Gasteiger partial charge in [-0.05, 0) is 55.3 Å². The minimum Gasteiger partial charge on any atom is -0.310 e. The van der Waals surface area contributed by atoms with Crippen LogP contribution in [0, 0.1) is 6.92 Å². The quantitative estimate of drug-likeness (QED) is 0.708. The summed E-state index contributed by atoms with van der Waals surface area (Å²) >= 11 is 8.00. The molecule has 1 unspecified atom stereocenters. The molecule has 0 fully saturated rings. The normalized spacial score (nSPS) is 12.6. The molecule has 1 aromatic carbocycles. The van der Waals surface area contributed by atoms with Crippen molar-refractivity contribution >= 4 is 22.9 Å². The minimum atomic E-state index is 0.475. The van der Waals surface area contributed by atoms with E-state index in [-0.39, 0.29) is 0 Å². The van der Waals surface area contributed by atoms with Gasteiger partial charge in [0.1, 0.15) is 0 Å². The second-order valence-electron chi connectivity index (χ2n) is 5.06. The van der Waals surface area contributed by atoms with Crippen LogP contribution in [-0.4, -0.2) is 6.54 Å². The SMILES string of the molecule is CCCC(NCC)c1ccc(-c2cc(Cl)ccc2C)s1. The van der Waals surface area contributed by atoms with Crippen molar-refractivity contribution in [3.05, 3.63) is 45.8 Å². The van der Waals surface area contributed by atoms with Crippen molar-refractivity contribution in [2.45, 2.75) is 39.7 Å². The van der Waals surface area contributed by atoms with E-state index in [2.05, 4.69) is 50.4 Å². The van der Waals surface area contributed by atoms with E-state index in [1.54, 1.807) is 0 Å². The predicted molar refractivity (Wildman–Crippen MR) is 90.8 cm³/mol. The highest BCUT2D eigenvalue weighted by atomic mass is 35.5. The molecule has 0 saturated heterocycles. The fraction of sp³-hybridized carbons (Fsp3) is 0.412. The first kappa shape index (κ1) is 15.6. The molecule has 0 aliphatic heterocycles. The zero-order chi connectivity index (χ0) is 14.5. The Morgan fingerprint density at radius 2 is 2.00 bits per heavy atom. The molecule has 1 aromatic heterocycles. The third-order valence-electron chi connectivity index (χ3n) is 3.46. The maximum atomic E-state index is 6.13. The summed E-state index contributed by atoms with van der Waals surface area (Å²) in [5, 5.41) is 4.38. The van der Waals surface area contributed by atoms with Crippen LogP contribution < -0.4 is 5.32 Å². The van der Waals surface area contributed by atoms with Gasteiger partial charge in [-0.25, -0.2) is 0 Å². The van der Waals surface area contributed by atoms with E-state index in [0.29, 0.717) is 6.04 Å². The second-order valence-corrected chi connectivity index (χ2v) is 6.61. The van der Waals surface area contributed by atoms with Crippen molar-refractivity contribution in [2.75, 3.05) is 6.54 Å². The van der Waals surface area contributed by atoms with Gasteiger partial charge in [0.05, 0.1) is 0 Å². The zero-order valence-corrected chi connectivity index (χ0v) is 13.9. The molecule has 1 nitrogen and oxygen atoms in total. The monoisotopic (exact) mass is 307 g/mol. The fourth-order valence-corrected chi connectivity index (χ4v) is 3.80. The maximum Gasteiger partial charge on any atom is 0.0414 e. The predicted octanol–water partition coefficient (Wildman–Crippen LogP) is 5.83. The van der Waals surface area contributed by atoms with E-state index in [1.807, 2.05) is 17.4 Å². The molecular formula is C17H22ClNS. The Bertz CT molecular complexity index is 556. The Balaban J connectivity index is 2.29. The van der Waals surface area contributed by atoms with Crippen LogP contribution in [0.2, 0.25) is 5.02 Å². The van der Waals surface area contributed by atoms with Gasteiger partial charge < -0.3 is 5.32 Å². The van der Waals surface area contributed by atoms with Crippen LogP contribution in [0.4, 0.5) is 0 Å². The smallest absolute Gasteiger partial charge is 0.0414 e. The summed E-state index contributed by atoms with van der Waals surface area (Å²) in [4.78, 5) is 2.72. The van der Waals surface area contributed by atoms with Gasteiger partial charge >= 0.3 is 0 Å². The summed E-state index contributed by atoms with van der Waals surface area (Å²) in [6.07, 6.45) is 2.38. The van der Waals surface area contributed by atoms with Gasteiger partial charge in [0.25, 0.3) is 0 Å². The zero-order valence-electron chi connectivity index (χ0n) is 12.4. The highest BCUT2D eigenvalue weighted by Gasteiger charge is 2.13. The minimum absolute atomic E-state index is 0.475. The average molecular weight is 308 g/mol. The molecule has 1 heterocycles. The van der Waals surface area contributed by atoms with Crippen molar-refractivity contribution in [1.29, 1.82) is 0 Å². The van der Waals surface area contributed by atoms with Gasteiger partial charge in [-0.2, -0.15) is 0 Å². The summed E-state index contributed by atoms with van der Waals surface area (Å²) < 4.78 is 0. The molecule has 0 radical (unpaired) electrons. The standard InChI is InChI=1S/C17H22ClNS/c1-4-6-15(19-5-2)17-10-9-16(20-17)14-11-13(18)8-7-12(14)3/h7-11,15,19H,4-6H2,1-3H3. The number of rotatable bonds is 6. The Labute approximate surface area is 131 Å². The topological polar surface area (TPSA) is 12.0 Å². The van der Waals surface area contributed by atoms with E-state index in [1.165, 1.54) is 33.7 Å². The maximum absolute atomic E-state index is 6.13. The molecule has 0 aliphatic rings. The molecular weight excluding hydrogens is 286 g/mol. The van der Waals surface area contributed by atoms with Crippen LogP contribution in [0.5, 0.6) is 0 Å². The third-order valence-corrected chi connectivity index (χ3v) is 4.93. The van der Waals surface area contributed by atoms with Gasteiger partial charge in [0.15, 0.2) is 0 Å². The summed E-state index contributed by atoms with van der Waals surface area (Å²) in [6.45, 7) is 7.55. The number of hydrogen-bond acceptors (Lipinski definition) is 2. The summed E-state index contributed by atoms with van der Waals surface area (Å²) in [6, 6.07) is 11.1.